The quantitative estimate of drug-likeness (QED) is 0.666. The van der Waals surface area contributed by atoms with Crippen LogP contribution in [0.5, 0.6) is 5.75 Å². The van der Waals surface area contributed by atoms with E-state index in [9.17, 15) is 4.79 Å². The van der Waals surface area contributed by atoms with Gasteiger partial charge in [0, 0.05) is 42.0 Å². The molecule has 0 saturated carbocycles. The average molecular weight is 424 g/mol. The minimum atomic E-state index is -0.0763. The average Bonchev–Trinajstić information content (AvgIpc) is 2.80. The Labute approximate surface area is 180 Å². The molecule has 0 aliphatic carbocycles. The molecule has 1 N–H and O–H groups in total. The molecule has 3 heterocycles. The van der Waals surface area contributed by atoms with Crippen LogP contribution in [0.15, 0.2) is 54.9 Å². The van der Waals surface area contributed by atoms with Gasteiger partial charge in [0.15, 0.2) is 5.82 Å². The number of amides is 1. The van der Waals surface area contributed by atoms with Crippen molar-refractivity contribution in [2.75, 3.05) is 30.4 Å². The van der Waals surface area contributed by atoms with Gasteiger partial charge in [0.2, 0.25) is 5.91 Å². The normalized spacial score (nSPS) is 14.4. The molecule has 30 heavy (non-hydrogen) atoms. The molecule has 1 aliphatic heterocycles. The zero-order valence-corrected chi connectivity index (χ0v) is 17.3. The predicted molar refractivity (Wildman–Crippen MR) is 117 cm³/mol. The van der Waals surface area contributed by atoms with Crippen molar-refractivity contribution in [3.63, 3.8) is 0 Å². The van der Waals surface area contributed by atoms with Crippen LogP contribution in [0.2, 0.25) is 5.02 Å². The maximum atomic E-state index is 12.7. The number of carbonyl (C=O) groups is 1. The van der Waals surface area contributed by atoms with E-state index >= 15 is 0 Å². The minimum absolute atomic E-state index is 0.0202. The molecule has 154 valence electrons. The molecule has 0 bridgehead atoms. The Hall–Kier alpha value is -3.19. The number of benzene rings is 1. The van der Waals surface area contributed by atoms with Gasteiger partial charge in [-0.25, -0.2) is 0 Å². The van der Waals surface area contributed by atoms with E-state index in [4.69, 9.17) is 16.3 Å². The lowest BCUT2D eigenvalue weighted by Gasteiger charge is -2.32. The van der Waals surface area contributed by atoms with Crippen molar-refractivity contribution in [1.29, 1.82) is 0 Å². The van der Waals surface area contributed by atoms with Gasteiger partial charge in [0.1, 0.15) is 5.75 Å². The number of halogens is 1. The smallest absolute Gasteiger partial charge is 0.227 e. The van der Waals surface area contributed by atoms with Gasteiger partial charge in [-0.3, -0.25) is 9.78 Å². The summed E-state index contributed by atoms with van der Waals surface area (Å²) in [6.07, 6.45) is 4.97. The molecule has 0 unspecified atom stereocenters. The van der Waals surface area contributed by atoms with Gasteiger partial charge in [0.05, 0.1) is 18.5 Å². The molecule has 0 radical (unpaired) electrons. The number of pyridine rings is 1. The third-order valence-electron chi connectivity index (χ3n) is 5.22. The lowest BCUT2D eigenvalue weighted by molar-refractivity contribution is -0.120. The van der Waals surface area contributed by atoms with Crippen molar-refractivity contribution in [3.05, 3.63) is 59.9 Å². The summed E-state index contributed by atoms with van der Waals surface area (Å²) in [4.78, 5) is 19.0. The fourth-order valence-electron chi connectivity index (χ4n) is 3.55. The van der Waals surface area contributed by atoms with Gasteiger partial charge in [-0.05, 0) is 55.3 Å². The molecule has 3 aromatic rings. The fourth-order valence-corrected chi connectivity index (χ4v) is 3.72. The molecular formula is C22H22ClN5O2. The summed E-state index contributed by atoms with van der Waals surface area (Å²) < 4.78 is 5.30. The molecule has 1 fully saturated rings. The van der Waals surface area contributed by atoms with Crippen molar-refractivity contribution in [2.24, 2.45) is 5.92 Å². The number of hydrogen-bond acceptors (Lipinski definition) is 6. The van der Waals surface area contributed by atoms with Gasteiger partial charge in [-0.1, -0.05) is 11.6 Å². The zero-order valence-electron chi connectivity index (χ0n) is 16.6. The Morgan fingerprint density at radius 3 is 2.67 bits per heavy atom. The molecule has 0 spiro atoms. The Morgan fingerprint density at radius 1 is 1.17 bits per heavy atom. The fraction of sp³-hybridized carbons (Fsp3) is 0.273. The molecule has 1 aromatic carbocycles. The summed E-state index contributed by atoms with van der Waals surface area (Å²) in [6, 6.07) is 12.9. The lowest BCUT2D eigenvalue weighted by atomic mass is 9.95. The van der Waals surface area contributed by atoms with E-state index in [0.717, 1.165) is 43.0 Å². The highest BCUT2D eigenvalue weighted by Gasteiger charge is 2.26. The van der Waals surface area contributed by atoms with E-state index < -0.39 is 0 Å². The van der Waals surface area contributed by atoms with Crippen LogP contribution >= 0.6 is 11.6 Å². The summed E-state index contributed by atoms with van der Waals surface area (Å²) in [5, 5.41) is 12.2. The first-order valence-corrected chi connectivity index (χ1v) is 10.2. The summed E-state index contributed by atoms with van der Waals surface area (Å²) in [5.41, 5.74) is 2.31. The molecule has 1 saturated heterocycles. The van der Waals surface area contributed by atoms with E-state index in [1.54, 1.807) is 37.7 Å². The number of ether oxygens (including phenoxy) is 1. The molecule has 1 amide bonds. The SMILES string of the molecule is COc1ccc(Cl)cc1NC(=O)C1CCN(c2ccc(-c3cccnc3)nn2)CC1. The van der Waals surface area contributed by atoms with Crippen LogP contribution in [0.4, 0.5) is 11.5 Å². The summed E-state index contributed by atoms with van der Waals surface area (Å²) in [7, 11) is 1.57. The van der Waals surface area contributed by atoms with Crippen molar-refractivity contribution in [2.45, 2.75) is 12.8 Å². The minimum Gasteiger partial charge on any atom is -0.495 e. The number of hydrogen-bond donors (Lipinski definition) is 1. The number of methoxy groups -OCH3 is 1. The number of aromatic nitrogens is 3. The van der Waals surface area contributed by atoms with Crippen LogP contribution in [0.3, 0.4) is 0 Å². The Bertz CT molecular complexity index is 1010. The number of anilines is 2. The molecule has 4 rings (SSSR count). The lowest BCUT2D eigenvalue weighted by Crippen LogP contribution is -2.38. The molecule has 8 heteroatoms. The van der Waals surface area contributed by atoms with E-state index in [0.29, 0.717) is 16.5 Å². The molecular weight excluding hydrogens is 402 g/mol. The first-order chi connectivity index (χ1) is 14.6. The number of rotatable bonds is 5. The Morgan fingerprint density at radius 2 is 2.00 bits per heavy atom. The van der Waals surface area contributed by atoms with Gasteiger partial charge in [0.25, 0.3) is 0 Å². The van der Waals surface area contributed by atoms with Gasteiger partial charge < -0.3 is 15.0 Å². The maximum absolute atomic E-state index is 12.7. The van der Waals surface area contributed by atoms with Crippen molar-refractivity contribution in [3.8, 4) is 17.0 Å². The number of piperidine rings is 1. The van der Waals surface area contributed by atoms with Gasteiger partial charge in [-0.2, -0.15) is 0 Å². The second-order valence-corrected chi connectivity index (χ2v) is 7.55. The number of nitrogens with one attached hydrogen (secondary N) is 1. The van der Waals surface area contributed by atoms with Crippen molar-refractivity contribution in [1.82, 2.24) is 15.2 Å². The maximum Gasteiger partial charge on any atom is 0.227 e. The number of nitrogens with zero attached hydrogens (tertiary/aromatic N) is 4. The highest BCUT2D eigenvalue weighted by atomic mass is 35.5. The second-order valence-electron chi connectivity index (χ2n) is 7.11. The highest BCUT2D eigenvalue weighted by molar-refractivity contribution is 6.31. The highest BCUT2D eigenvalue weighted by Crippen LogP contribution is 2.30. The van der Waals surface area contributed by atoms with Crippen LogP contribution in [0.25, 0.3) is 11.3 Å². The van der Waals surface area contributed by atoms with E-state index in [1.165, 1.54) is 0 Å². The van der Waals surface area contributed by atoms with Crippen LogP contribution in [0.1, 0.15) is 12.8 Å². The Balaban J connectivity index is 1.36. The van der Waals surface area contributed by atoms with E-state index in [2.05, 4.69) is 25.4 Å². The third kappa shape index (κ3) is 4.52. The standard InChI is InChI=1S/C22H22ClN5O2/c1-30-20-6-4-17(23)13-19(20)25-22(29)15-8-11-28(12-9-15)21-7-5-18(26-27-21)16-3-2-10-24-14-16/h2-7,10,13-15H,8-9,11-12H2,1H3,(H,25,29). The van der Waals surface area contributed by atoms with Gasteiger partial charge in [-0.15, -0.1) is 10.2 Å². The molecule has 0 atom stereocenters. The van der Waals surface area contributed by atoms with Crippen molar-refractivity contribution < 1.29 is 9.53 Å². The van der Waals surface area contributed by atoms with E-state index in [1.807, 2.05) is 24.3 Å². The van der Waals surface area contributed by atoms with Crippen LogP contribution in [-0.4, -0.2) is 41.3 Å². The first kappa shape index (κ1) is 20.1. The monoisotopic (exact) mass is 423 g/mol. The third-order valence-corrected chi connectivity index (χ3v) is 5.45. The summed E-state index contributed by atoms with van der Waals surface area (Å²) >= 11 is 6.05. The van der Waals surface area contributed by atoms with Crippen LogP contribution in [-0.2, 0) is 4.79 Å². The van der Waals surface area contributed by atoms with Crippen LogP contribution < -0.4 is 15.0 Å². The summed E-state index contributed by atoms with van der Waals surface area (Å²) in [5.74, 6) is 1.31. The second kappa shape index (κ2) is 9.09. The first-order valence-electron chi connectivity index (χ1n) is 9.77. The predicted octanol–water partition coefficient (Wildman–Crippen LogP) is 4.06. The zero-order chi connectivity index (χ0) is 20.9. The topological polar surface area (TPSA) is 80.2 Å². The molecule has 1 aliphatic rings. The largest absolute Gasteiger partial charge is 0.495 e. The van der Waals surface area contributed by atoms with Crippen LogP contribution in [0, 0.1) is 5.92 Å². The van der Waals surface area contributed by atoms with Crippen molar-refractivity contribution >= 4 is 29.0 Å². The molecule has 2 aromatic heterocycles. The number of carbonyl (C=O) groups excluding carboxylic acids is 1. The molecule has 7 nitrogen and oxygen atoms in total. The summed E-state index contributed by atoms with van der Waals surface area (Å²) in [6.45, 7) is 1.48. The Kier molecular flexibility index (Phi) is 6.09. The van der Waals surface area contributed by atoms with Gasteiger partial charge >= 0.3 is 0 Å². The van der Waals surface area contributed by atoms with E-state index in [-0.39, 0.29) is 11.8 Å².